The average molecular weight is 437 g/mol. The number of amides is 2. The van der Waals surface area contributed by atoms with E-state index in [4.69, 9.17) is 4.74 Å². The molecule has 2 amide bonds. The first kappa shape index (κ1) is 27.3. The van der Waals surface area contributed by atoms with Crippen LogP contribution in [0, 0.1) is 0 Å². The lowest BCUT2D eigenvalue weighted by atomic mass is 9.95. The Morgan fingerprint density at radius 3 is 2.13 bits per heavy atom. The van der Waals surface area contributed by atoms with E-state index in [0.717, 1.165) is 57.8 Å². The van der Waals surface area contributed by atoms with Gasteiger partial charge in [-0.1, -0.05) is 57.1 Å². The summed E-state index contributed by atoms with van der Waals surface area (Å²) >= 11 is 0. The number of nitrogens with one attached hydrogen (secondary N) is 2. The standard InChI is InChI=1S/C25H44N2O4/c1-26-25(30)23(28)19-15-10-8-6-4-2-3-5-7-9-11-16-20-31-21-24(29)27-22-17-13-12-14-18-22/h2,4,22H,3,5-21H2,1H3,(H,26,30)(H,27,29)/b4-2-. The van der Waals surface area contributed by atoms with Gasteiger partial charge in [0.1, 0.15) is 6.61 Å². The quantitative estimate of drug-likeness (QED) is 0.187. The molecule has 1 aliphatic rings. The summed E-state index contributed by atoms with van der Waals surface area (Å²) in [6.07, 6.45) is 21.6. The molecule has 1 aliphatic carbocycles. The summed E-state index contributed by atoms with van der Waals surface area (Å²) in [5.74, 6) is -0.759. The normalized spacial score (nSPS) is 14.6. The number of ether oxygens (including phenoxy) is 1. The second-order valence-electron chi connectivity index (χ2n) is 8.58. The van der Waals surface area contributed by atoms with E-state index in [1.807, 2.05) is 0 Å². The number of hydrogen-bond donors (Lipinski definition) is 2. The largest absolute Gasteiger partial charge is 0.372 e. The summed E-state index contributed by atoms with van der Waals surface area (Å²) in [6.45, 7) is 0.873. The maximum atomic E-state index is 11.8. The summed E-state index contributed by atoms with van der Waals surface area (Å²) in [7, 11) is 1.49. The monoisotopic (exact) mass is 436 g/mol. The third-order valence-corrected chi connectivity index (χ3v) is 5.78. The van der Waals surface area contributed by atoms with Crippen LogP contribution in [0.15, 0.2) is 12.2 Å². The predicted octanol–water partition coefficient (Wildman–Crippen LogP) is 4.61. The Morgan fingerprint density at radius 1 is 0.839 bits per heavy atom. The molecule has 1 saturated carbocycles. The van der Waals surface area contributed by atoms with Crippen LogP contribution in [-0.4, -0.2) is 43.9 Å². The van der Waals surface area contributed by atoms with Gasteiger partial charge in [-0.05, 0) is 51.4 Å². The minimum absolute atomic E-state index is 0.0380. The van der Waals surface area contributed by atoms with E-state index in [0.29, 0.717) is 19.1 Å². The van der Waals surface area contributed by atoms with Crippen molar-refractivity contribution in [1.29, 1.82) is 0 Å². The second kappa shape index (κ2) is 19.0. The highest BCUT2D eigenvalue weighted by Crippen LogP contribution is 2.17. The van der Waals surface area contributed by atoms with E-state index < -0.39 is 5.91 Å². The molecule has 0 atom stereocenters. The number of rotatable bonds is 18. The molecule has 2 N–H and O–H groups in total. The van der Waals surface area contributed by atoms with Crippen LogP contribution in [0.5, 0.6) is 0 Å². The van der Waals surface area contributed by atoms with Crippen LogP contribution in [0.2, 0.25) is 0 Å². The van der Waals surface area contributed by atoms with Gasteiger partial charge < -0.3 is 15.4 Å². The SMILES string of the molecule is CNC(=O)C(=O)CCCCC/C=C\CCCCCCCOCC(=O)NC1CCCCC1. The first-order valence-electron chi connectivity index (χ1n) is 12.4. The maximum absolute atomic E-state index is 11.8. The van der Waals surface area contributed by atoms with E-state index in [1.165, 1.54) is 45.6 Å². The number of carbonyl (C=O) groups excluding carboxylic acids is 3. The molecule has 0 saturated heterocycles. The predicted molar refractivity (Wildman–Crippen MR) is 125 cm³/mol. The number of ketones is 1. The zero-order valence-corrected chi connectivity index (χ0v) is 19.6. The highest BCUT2D eigenvalue weighted by Gasteiger charge is 2.15. The Bertz CT molecular complexity index is 528. The molecule has 1 fully saturated rings. The molecule has 6 nitrogen and oxygen atoms in total. The minimum atomic E-state index is -0.482. The van der Waals surface area contributed by atoms with Crippen molar-refractivity contribution in [2.75, 3.05) is 20.3 Å². The average Bonchev–Trinajstić information content (AvgIpc) is 2.78. The van der Waals surface area contributed by atoms with E-state index in [9.17, 15) is 14.4 Å². The number of unbranched alkanes of at least 4 members (excludes halogenated alkanes) is 8. The highest BCUT2D eigenvalue weighted by molar-refractivity contribution is 6.36. The Hall–Kier alpha value is -1.69. The van der Waals surface area contributed by atoms with Crippen LogP contribution in [-0.2, 0) is 19.1 Å². The van der Waals surface area contributed by atoms with Crippen molar-refractivity contribution in [1.82, 2.24) is 10.6 Å². The fraction of sp³-hybridized carbons (Fsp3) is 0.800. The van der Waals surface area contributed by atoms with Crippen LogP contribution < -0.4 is 10.6 Å². The molecule has 0 aromatic heterocycles. The second-order valence-corrected chi connectivity index (χ2v) is 8.58. The van der Waals surface area contributed by atoms with Crippen LogP contribution in [0.4, 0.5) is 0 Å². The first-order chi connectivity index (χ1) is 15.1. The Balaban J connectivity index is 1.79. The summed E-state index contributed by atoms with van der Waals surface area (Å²) in [6, 6.07) is 0.366. The maximum Gasteiger partial charge on any atom is 0.287 e. The van der Waals surface area contributed by atoms with Crippen molar-refractivity contribution in [3.05, 3.63) is 12.2 Å². The van der Waals surface area contributed by atoms with Crippen molar-refractivity contribution < 1.29 is 19.1 Å². The van der Waals surface area contributed by atoms with Gasteiger partial charge in [0, 0.05) is 26.1 Å². The molecule has 0 radical (unpaired) electrons. The third-order valence-electron chi connectivity index (χ3n) is 5.78. The van der Waals surface area contributed by atoms with Gasteiger partial charge in [0.15, 0.2) is 0 Å². The van der Waals surface area contributed by atoms with Gasteiger partial charge in [-0.2, -0.15) is 0 Å². The first-order valence-corrected chi connectivity index (χ1v) is 12.4. The molecule has 31 heavy (non-hydrogen) atoms. The molecule has 1 rings (SSSR count). The zero-order valence-electron chi connectivity index (χ0n) is 19.6. The van der Waals surface area contributed by atoms with Gasteiger partial charge in [0.05, 0.1) is 0 Å². The lowest BCUT2D eigenvalue weighted by molar-refractivity contribution is -0.137. The molecule has 0 aromatic rings. The Labute approximate surface area is 189 Å². The summed E-state index contributed by atoms with van der Waals surface area (Å²) in [5.41, 5.74) is 0. The third kappa shape index (κ3) is 15.7. The fourth-order valence-corrected chi connectivity index (χ4v) is 3.89. The molecule has 0 spiro atoms. The summed E-state index contributed by atoms with van der Waals surface area (Å²) < 4.78 is 5.51. The summed E-state index contributed by atoms with van der Waals surface area (Å²) in [5, 5.41) is 5.44. The Kier molecular flexibility index (Phi) is 16.8. The number of likely N-dealkylation sites (N-methyl/N-ethyl adjacent to an activating group) is 1. The van der Waals surface area contributed by atoms with Crippen molar-refractivity contribution in [3.63, 3.8) is 0 Å². The minimum Gasteiger partial charge on any atom is -0.372 e. The molecule has 0 bridgehead atoms. The van der Waals surface area contributed by atoms with Crippen molar-refractivity contribution in [3.8, 4) is 0 Å². The molecule has 178 valence electrons. The molecule has 0 aliphatic heterocycles. The van der Waals surface area contributed by atoms with E-state index in [-0.39, 0.29) is 18.3 Å². The van der Waals surface area contributed by atoms with Crippen molar-refractivity contribution >= 4 is 17.6 Å². The van der Waals surface area contributed by atoms with Crippen molar-refractivity contribution in [2.24, 2.45) is 0 Å². The van der Waals surface area contributed by atoms with E-state index in [1.54, 1.807) is 0 Å². The molecule has 6 heteroatoms. The summed E-state index contributed by atoms with van der Waals surface area (Å²) in [4.78, 5) is 34.3. The van der Waals surface area contributed by atoms with Crippen LogP contribution in [0.1, 0.15) is 103 Å². The van der Waals surface area contributed by atoms with Gasteiger partial charge in [-0.15, -0.1) is 0 Å². The van der Waals surface area contributed by atoms with E-state index >= 15 is 0 Å². The van der Waals surface area contributed by atoms with Crippen LogP contribution >= 0.6 is 0 Å². The fourth-order valence-electron chi connectivity index (χ4n) is 3.89. The molecule has 0 heterocycles. The Morgan fingerprint density at radius 2 is 1.45 bits per heavy atom. The lowest BCUT2D eigenvalue weighted by Crippen LogP contribution is -2.38. The number of carbonyl (C=O) groups is 3. The lowest BCUT2D eigenvalue weighted by Gasteiger charge is -2.22. The highest BCUT2D eigenvalue weighted by atomic mass is 16.5. The topological polar surface area (TPSA) is 84.5 Å². The smallest absolute Gasteiger partial charge is 0.287 e. The number of Topliss-reactive ketones (excluding diaryl/α,β-unsaturated/α-hetero) is 1. The van der Waals surface area contributed by atoms with Gasteiger partial charge in [-0.3, -0.25) is 14.4 Å². The zero-order chi connectivity index (χ0) is 22.6. The van der Waals surface area contributed by atoms with Gasteiger partial charge in [-0.25, -0.2) is 0 Å². The van der Waals surface area contributed by atoms with Gasteiger partial charge >= 0.3 is 0 Å². The molecular weight excluding hydrogens is 392 g/mol. The number of hydrogen-bond acceptors (Lipinski definition) is 4. The van der Waals surface area contributed by atoms with Crippen LogP contribution in [0.3, 0.4) is 0 Å². The van der Waals surface area contributed by atoms with Crippen LogP contribution in [0.25, 0.3) is 0 Å². The molecule has 0 unspecified atom stereocenters. The van der Waals surface area contributed by atoms with Gasteiger partial charge in [0.2, 0.25) is 11.7 Å². The van der Waals surface area contributed by atoms with Gasteiger partial charge in [0.25, 0.3) is 5.91 Å². The number of allylic oxidation sites excluding steroid dienone is 2. The van der Waals surface area contributed by atoms with E-state index in [2.05, 4.69) is 22.8 Å². The molecule has 0 aromatic carbocycles. The molecular formula is C25H44N2O4. The van der Waals surface area contributed by atoms with Crippen molar-refractivity contribution in [2.45, 2.75) is 109 Å².